The van der Waals surface area contributed by atoms with Gasteiger partial charge in [-0.1, -0.05) is 6.58 Å². The lowest BCUT2D eigenvalue weighted by atomic mass is 10.6. The van der Waals surface area contributed by atoms with Crippen LogP contribution in [0.15, 0.2) is 12.7 Å². The second kappa shape index (κ2) is 29.8. The highest BCUT2D eigenvalue weighted by atomic mass is 16.8. The van der Waals surface area contributed by atoms with E-state index < -0.39 is 5.97 Å². The van der Waals surface area contributed by atoms with E-state index >= 15 is 0 Å². The summed E-state index contributed by atoms with van der Waals surface area (Å²) in [5.74, 6) is -0.568. The predicted molar refractivity (Wildman–Crippen MR) is 117 cm³/mol. The van der Waals surface area contributed by atoms with Gasteiger partial charge in [0.25, 0.3) is 0 Å². The third kappa shape index (κ3) is 28.8. The fraction of sp³-hybridized carbons (Fsp3) is 0.857. The molecule has 13 nitrogen and oxygen atoms in total. The Morgan fingerprint density at radius 2 is 0.824 bits per heavy atom. The molecular formula is C21H40O13. The Kier molecular flexibility index (Phi) is 28.7. The first kappa shape index (κ1) is 32.8. The molecule has 34 heavy (non-hydrogen) atoms. The SMILES string of the molecule is C=CC(=O)OCOCOCOCOCCOCCOCCOCCOCCOCCOCCO. The van der Waals surface area contributed by atoms with Crippen LogP contribution in [0.3, 0.4) is 0 Å². The molecule has 0 amide bonds. The molecule has 0 saturated heterocycles. The minimum atomic E-state index is -0.568. The van der Waals surface area contributed by atoms with Crippen molar-refractivity contribution in [2.24, 2.45) is 0 Å². The standard InChI is InChI=1S/C21H40O13/c1-2-21(23)34-20-33-19-32-18-31-17-30-16-15-29-14-13-28-12-11-27-10-9-26-8-7-25-6-5-24-4-3-22/h2,22H,1,3-20H2. The average molecular weight is 501 g/mol. The Morgan fingerprint density at radius 1 is 0.500 bits per heavy atom. The van der Waals surface area contributed by atoms with Crippen molar-refractivity contribution in [3.8, 4) is 0 Å². The summed E-state index contributed by atoms with van der Waals surface area (Å²) < 4.78 is 56.5. The Labute approximate surface area is 201 Å². The van der Waals surface area contributed by atoms with E-state index in [1.807, 2.05) is 0 Å². The van der Waals surface area contributed by atoms with Crippen molar-refractivity contribution in [2.45, 2.75) is 0 Å². The van der Waals surface area contributed by atoms with Crippen LogP contribution >= 0.6 is 0 Å². The quantitative estimate of drug-likeness (QED) is 0.0623. The van der Waals surface area contributed by atoms with Gasteiger partial charge in [0.1, 0.15) is 6.79 Å². The van der Waals surface area contributed by atoms with Gasteiger partial charge >= 0.3 is 5.97 Å². The van der Waals surface area contributed by atoms with Crippen LogP contribution in [-0.4, -0.2) is 131 Å². The van der Waals surface area contributed by atoms with Gasteiger partial charge in [-0.05, 0) is 0 Å². The maximum absolute atomic E-state index is 10.7. The third-order valence-electron chi connectivity index (χ3n) is 3.42. The molecule has 0 heterocycles. The number of hydrogen-bond acceptors (Lipinski definition) is 13. The molecule has 202 valence electrons. The third-order valence-corrected chi connectivity index (χ3v) is 3.42. The van der Waals surface area contributed by atoms with E-state index in [-0.39, 0.29) is 33.8 Å². The van der Waals surface area contributed by atoms with Gasteiger partial charge in [0.05, 0.1) is 92.5 Å². The molecule has 0 saturated carbocycles. The van der Waals surface area contributed by atoms with Crippen LogP contribution in [0.25, 0.3) is 0 Å². The summed E-state index contributed by atoms with van der Waals surface area (Å²) in [6.07, 6.45) is 1.04. The summed E-state index contributed by atoms with van der Waals surface area (Å²) in [5, 5.41) is 8.54. The smallest absolute Gasteiger partial charge is 0.332 e. The van der Waals surface area contributed by atoms with Crippen LogP contribution in [0, 0.1) is 0 Å². The fourth-order valence-corrected chi connectivity index (χ4v) is 1.88. The fourth-order valence-electron chi connectivity index (χ4n) is 1.88. The summed E-state index contributed by atoms with van der Waals surface area (Å²) in [4.78, 5) is 10.7. The molecule has 0 aromatic carbocycles. The summed E-state index contributed by atoms with van der Waals surface area (Å²) in [6.45, 7) is 8.92. The van der Waals surface area contributed by atoms with Crippen LogP contribution < -0.4 is 0 Å². The number of hydrogen-bond donors (Lipinski definition) is 1. The van der Waals surface area contributed by atoms with Crippen molar-refractivity contribution in [3.05, 3.63) is 12.7 Å². The van der Waals surface area contributed by atoms with Gasteiger partial charge in [-0.25, -0.2) is 4.79 Å². The maximum Gasteiger partial charge on any atom is 0.332 e. The molecule has 0 aromatic heterocycles. The van der Waals surface area contributed by atoms with Crippen molar-refractivity contribution < 1.29 is 62.0 Å². The molecule has 0 unspecified atom stereocenters. The molecule has 0 rings (SSSR count). The number of rotatable bonds is 29. The van der Waals surface area contributed by atoms with E-state index in [2.05, 4.69) is 11.3 Å². The molecule has 0 radical (unpaired) electrons. The lowest BCUT2D eigenvalue weighted by Crippen LogP contribution is -2.15. The lowest BCUT2D eigenvalue weighted by molar-refractivity contribution is -0.194. The van der Waals surface area contributed by atoms with Crippen LogP contribution in [-0.2, 0) is 56.9 Å². The molecule has 0 atom stereocenters. The van der Waals surface area contributed by atoms with Crippen LogP contribution in [0.2, 0.25) is 0 Å². The molecule has 0 aliphatic carbocycles. The first-order valence-electron chi connectivity index (χ1n) is 11.0. The second-order valence-corrected chi connectivity index (χ2v) is 6.06. The number of aliphatic hydroxyl groups excluding tert-OH is 1. The Balaban J connectivity index is 3.03. The van der Waals surface area contributed by atoms with Gasteiger partial charge in [-0.2, -0.15) is 0 Å². The van der Waals surface area contributed by atoms with Crippen molar-refractivity contribution in [1.29, 1.82) is 0 Å². The Morgan fingerprint density at radius 3 is 1.21 bits per heavy atom. The Hall–Kier alpha value is -1.23. The maximum atomic E-state index is 10.7. The number of carbonyl (C=O) groups excluding carboxylic acids is 1. The molecule has 1 N–H and O–H groups in total. The van der Waals surface area contributed by atoms with Gasteiger partial charge in [0.2, 0.25) is 0 Å². The first-order valence-corrected chi connectivity index (χ1v) is 11.0. The molecule has 0 aromatic rings. The highest BCUT2D eigenvalue weighted by Crippen LogP contribution is 1.87. The van der Waals surface area contributed by atoms with Crippen LogP contribution in [0.5, 0.6) is 0 Å². The van der Waals surface area contributed by atoms with Crippen LogP contribution in [0.4, 0.5) is 0 Å². The lowest BCUT2D eigenvalue weighted by Gasteiger charge is -2.09. The van der Waals surface area contributed by atoms with Crippen molar-refractivity contribution in [1.82, 2.24) is 0 Å². The number of esters is 1. The molecule has 0 spiro atoms. The molecule has 0 aliphatic heterocycles. The van der Waals surface area contributed by atoms with Crippen molar-refractivity contribution >= 4 is 5.97 Å². The molecule has 0 bridgehead atoms. The van der Waals surface area contributed by atoms with Gasteiger partial charge < -0.3 is 57.2 Å². The highest BCUT2D eigenvalue weighted by molar-refractivity contribution is 5.81. The van der Waals surface area contributed by atoms with E-state index in [1.54, 1.807) is 0 Å². The van der Waals surface area contributed by atoms with E-state index in [0.29, 0.717) is 85.9 Å². The minimum Gasteiger partial charge on any atom is -0.435 e. The molecule has 13 heteroatoms. The van der Waals surface area contributed by atoms with Crippen LogP contribution in [0.1, 0.15) is 0 Å². The summed E-state index contributed by atoms with van der Waals surface area (Å²) in [6, 6.07) is 0. The first-order chi connectivity index (χ1) is 16.8. The molecule has 0 fully saturated rings. The number of carbonyl (C=O) groups is 1. The highest BCUT2D eigenvalue weighted by Gasteiger charge is 1.96. The Bertz CT molecular complexity index is 425. The van der Waals surface area contributed by atoms with Gasteiger partial charge in [-0.3, -0.25) is 0 Å². The van der Waals surface area contributed by atoms with Gasteiger partial charge in [0, 0.05) is 6.08 Å². The number of aliphatic hydroxyl groups is 1. The van der Waals surface area contributed by atoms with E-state index in [4.69, 9.17) is 52.5 Å². The zero-order valence-corrected chi connectivity index (χ0v) is 19.9. The molecule has 0 aliphatic rings. The monoisotopic (exact) mass is 500 g/mol. The van der Waals surface area contributed by atoms with Crippen molar-refractivity contribution in [2.75, 3.05) is 120 Å². The van der Waals surface area contributed by atoms with E-state index in [9.17, 15) is 4.79 Å². The number of ether oxygens (including phenoxy) is 11. The molecular weight excluding hydrogens is 460 g/mol. The minimum absolute atomic E-state index is 0.0186. The normalized spacial score (nSPS) is 11.1. The predicted octanol–water partition coefficient (Wildman–Crippen LogP) is -0.296. The summed E-state index contributed by atoms with van der Waals surface area (Å²) in [5.41, 5.74) is 0. The summed E-state index contributed by atoms with van der Waals surface area (Å²) >= 11 is 0. The van der Waals surface area contributed by atoms with E-state index in [1.165, 1.54) is 0 Å². The average Bonchev–Trinajstić information content (AvgIpc) is 2.85. The van der Waals surface area contributed by atoms with Gasteiger partial charge in [-0.15, -0.1) is 0 Å². The summed E-state index contributed by atoms with van der Waals surface area (Å²) in [7, 11) is 0. The van der Waals surface area contributed by atoms with Gasteiger partial charge in [0.15, 0.2) is 20.4 Å². The zero-order chi connectivity index (χ0) is 24.8. The largest absolute Gasteiger partial charge is 0.435 e. The topological polar surface area (TPSA) is 139 Å². The zero-order valence-electron chi connectivity index (χ0n) is 19.9. The second-order valence-electron chi connectivity index (χ2n) is 6.06. The van der Waals surface area contributed by atoms with Crippen molar-refractivity contribution in [3.63, 3.8) is 0 Å². The van der Waals surface area contributed by atoms with E-state index in [0.717, 1.165) is 6.08 Å².